The van der Waals surface area contributed by atoms with Gasteiger partial charge in [-0.05, 0) is 35.9 Å². The monoisotopic (exact) mass is 295 g/mol. The zero-order valence-corrected chi connectivity index (χ0v) is 12.1. The van der Waals surface area contributed by atoms with E-state index < -0.39 is 0 Å². The first kappa shape index (κ1) is 13.5. The number of nitrogens with zero attached hydrogens (tertiary/aromatic N) is 2. The van der Waals surface area contributed by atoms with Crippen molar-refractivity contribution in [1.82, 2.24) is 0 Å². The predicted molar refractivity (Wildman–Crippen MR) is 83.9 cm³/mol. The Kier molecular flexibility index (Phi) is 3.55. The molecule has 1 aliphatic rings. The van der Waals surface area contributed by atoms with E-state index in [0.29, 0.717) is 23.5 Å². The summed E-state index contributed by atoms with van der Waals surface area (Å²) < 4.78 is 0. The van der Waals surface area contributed by atoms with Crippen molar-refractivity contribution in [3.8, 4) is 6.07 Å². The molecule has 2 aromatic carbocycles. The zero-order chi connectivity index (χ0) is 14.8. The highest BCUT2D eigenvalue weighted by atomic mass is 32.2. The molecular weight excluding hydrogens is 282 g/mol. The highest BCUT2D eigenvalue weighted by molar-refractivity contribution is 8.00. The van der Waals surface area contributed by atoms with E-state index >= 15 is 0 Å². The minimum absolute atomic E-state index is 0.0691. The number of amides is 1. The van der Waals surface area contributed by atoms with Crippen molar-refractivity contribution in [3.05, 3.63) is 53.6 Å². The molecule has 0 radical (unpaired) electrons. The first-order valence-electron chi connectivity index (χ1n) is 6.49. The lowest BCUT2D eigenvalue weighted by molar-refractivity contribution is -0.116. The van der Waals surface area contributed by atoms with Gasteiger partial charge in [-0.15, -0.1) is 11.8 Å². The van der Waals surface area contributed by atoms with E-state index in [0.717, 1.165) is 16.1 Å². The van der Waals surface area contributed by atoms with Crippen molar-refractivity contribution in [2.75, 3.05) is 16.4 Å². The maximum atomic E-state index is 12.2. The Hall–Kier alpha value is -2.45. The molecule has 0 saturated heterocycles. The van der Waals surface area contributed by atoms with Gasteiger partial charge in [0, 0.05) is 10.6 Å². The third-order valence-corrected chi connectivity index (χ3v) is 4.35. The Morgan fingerprint density at radius 2 is 2.14 bits per heavy atom. The summed E-state index contributed by atoms with van der Waals surface area (Å²) >= 11 is 1.51. The smallest absolute Gasteiger partial charge is 0.237 e. The van der Waals surface area contributed by atoms with Gasteiger partial charge in [-0.25, -0.2) is 0 Å². The van der Waals surface area contributed by atoms with Crippen LogP contribution in [0.4, 0.5) is 11.4 Å². The molecule has 1 amide bonds. The highest BCUT2D eigenvalue weighted by Gasteiger charge is 2.24. The van der Waals surface area contributed by atoms with Gasteiger partial charge in [-0.2, -0.15) is 5.26 Å². The molecule has 0 bridgehead atoms. The van der Waals surface area contributed by atoms with Gasteiger partial charge in [0.15, 0.2) is 0 Å². The maximum Gasteiger partial charge on any atom is 0.237 e. The molecule has 104 valence electrons. The Balaban J connectivity index is 1.95. The Morgan fingerprint density at radius 3 is 2.95 bits per heavy atom. The molecule has 0 atom stereocenters. The van der Waals surface area contributed by atoms with Crippen LogP contribution in [0, 0.1) is 11.3 Å². The largest absolute Gasteiger partial charge is 0.399 e. The molecular formula is C16H13N3OS. The normalized spacial score (nSPS) is 13.7. The number of carbonyl (C=O) groups excluding carboxylic acids is 1. The van der Waals surface area contributed by atoms with Crippen LogP contribution in [-0.2, 0) is 11.3 Å². The molecule has 1 aliphatic heterocycles. The number of hydrogen-bond donors (Lipinski definition) is 1. The second-order valence-corrected chi connectivity index (χ2v) is 5.83. The quantitative estimate of drug-likeness (QED) is 0.865. The summed E-state index contributed by atoms with van der Waals surface area (Å²) in [6, 6.07) is 15.0. The first-order chi connectivity index (χ1) is 10.2. The topological polar surface area (TPSA) is 70.1 Å². The molecule has 0 spiro atoms. The molecule has 0 fully saturated rings. The maximum absolute atomic E-state index is 12.2. The zero-order valence-electron chi connectivity index (χ0n) is 11.2. The van der Waals surface area contributed by atoms with Crippen LogP contribution < -0.4 is 10.6 Å². The fraction of sp³-hybridized carbons (Fsp3) is 0.125. The summed E-state index contributed by atoms with van der Waals surface area (Å²) in [6.07, 6.45) is 0. The minimum atomic E-state index is 0.0691. The number of benzene rings is 2. The summed E-state index contributed by atoms with van der Waals surface area (Å²) in [5, 5.41) is 8.96. The summed E-state index contributed by atoms with van der Waals surface area (Å²) in [6.45, 7) is 0.464. The standard InChI is InChI=1S/C16H13N3OS/c17-8-11-2-1-3-12(6-11)9-19-14-5-4-13(18)7-15(14)21-10-16(19)20/h1-7H,9-10,18H2. The molecule has 4 nitrogen and oxygen atoms in total. The van der Waals surface area contributed by atoms with Crippen LogP contribution in [0.25, 0.3) is 0 Å². The molecule has 21 heavy (non-hydrogen) atoms. The van der Waals surface area contributed by atoms with Crippen molar-refractivity contribution in [2.45, 2.75) is 11.4 Å². The van der Waals surface area contributed by atoms with E-state index in [1.54, 1.807) is 17.0 Å². The molecule has 0 aliphatic carbocycles. The minimum Gasteiger partial charge on any atom is -0.399 e. The summed E-state index contributed by atoms with van der Waals surface area (Å²) in [4.78, 5) is 15.0. The molecule has 2 aromatic rings. The number of thioether (sulfide) groups is 1. The predicted octanol–water partition coefficient (Wildman–Crippen LogP) is 2.78. The number of hydrogen-bond acceptors (Lipinski definition) is 4. The fourth-order valence-electron chi connectivity index (χ4n) is 2.32. The van der Waals surface area contributed by atoms with E-state index in [2.05, 4.69) is 6.07 Å². The van der Waals surface area contributed by atoms with Crippen molar-refractivity contribution < 1.29 is 4.79 Å². The lowest BCUT2D eigenvalue weighted by Crippen LogP contribution is -2.34. The van der Waals surface area contributed by atoms with E-state index in [4.69, 9.17) is 11.0 Å². The number of nitrogen functional groups attached to an aromatic ring is 1. The van der Waals surface area contributed by atoms with Gasteiger partial charge in [-0.1, -0.05) is 12.1 Å². The molecule has 0 aromatic heterocycles. The van der Waals surface area contributed by atoms with E-state index in [-0.39, 0.29) is 5.91 Å². The van der Waals surface area contributed by atoms with Crippen molar-refractivity contribution in [2.24, 2.45) is 0 Å². The van der Waals surface area contributed by atoms with Gasteiger partial charge in [0.05, 0.1) is 29.6 Å². The van der Waals surface area contributed by atoms with Crippen molar-refractivity contribution in [3.63, 3.8) is 0 Å². The van der Waals surface area contributed by atoms with E-state index in [9.17, 15) is 4.79 Å². The van der Waals surface area contributed by atoms with Crippen molar-refractivity contribution >= 4 is 29.0 Å². The molecule has 0 unspecified atom stereocenters. The van der Waals surface area contributed by atoms with Gasteiger partial charge >= 0.3 is 0 Å². The van der Waals surface area contributed by atoms with Crippen LogP contribution in [-0.4, -0.2) is 11.7 Å². The summed E-state index contributed by atoms with van der Waals surface area (Å²) in [5.41, 5.74) is 8.92. The second-order valence-electron chi connectivity index (χ2n) is 4.81. The SMILES string of the molecule is N#Cc1cccc(CN2C(=O)CSc3cc(N)ccc32)c1. The van der Waals surface area contributed by atoms with Gasteiger partial charge in [0.2, 0.25) is 5.91 Å². The van der Waals surface area contributed by atoms with Crippen molar-refractivity contribution in [1.29, 1.82) is 5.26 Å². The third-order valence-electron chi connectivity index (χ3n) is 3.32. The number of rotatable bonds is 2. The third kappa shape index (κ3) is 2.71. The molecule has 3 rings (SSSR count). The lowest BCUT2D eigenvalue weighted by Gasteiger charge is -2.29. The van der Waals surface area contributed by atoms with Crippen LogP contribution in [0.15, 0.2) is 47.4 Å². The number of nitriles is 1. The number of anilines is 2. The average molecular weight is 295 g/mol. The summed E-state index contributed by atoms with van der Waals surface area (Å²) in [7, 11) is 0. The van der Waals surface area contributed by atoms with Gasteiger partial charge < -0.3 is 10.6 Å². The Morgan fingerprint density at radius 1 is 1.29 bits per heavy atom. The van der Waals surface area contributed by atoms with Gasteiger partial charge in [0.25, 0.3) is 0 Å². The van der Waals surface area contributed by atoms with Crippen LogP contribution >= 0.6 is 11.8 Å². The first-order valence-corrected chi connectivity index (χ1v) is 7.47. The van der Waals surface area contributed by atoms with Gasteiger partial charge in [-0.3, -0.25) is 4.79 Å². The van der Waals surface area contributed by atoms with E-state index in [1.165, 1.54) is 11.8 Å². The highest BCUT2D eigenvalue weighted by Crippen LogP contribution is 2.37. The lowest BCUT2D eigenvalue weighted by atomic mass is 10.1. The number of fused-ring (bicyclic) bond motifs is 1. The van der Waals surface area contributed by atoms with E-state index in [1.807, 2.05) is 30.3 Å². The molecule has 1 heterocycles. The molecule has 0 saturated carbocycles. The fourth-order valence-corrected chi connectivity index (χ4v) is 3.30. The Bertz CT molecular complexity index is 751. The number of nitrogens with two attached hydrogens (primary N) is 1. The Labute approximate surface area is 127 Å². The average Bonchev–Trinajstić information content (AvgIpc) is 2.50. The van der Waals surface area contributed by atoms with Crippen LogP contribution in [0.5, 0.6) is 0 Å². The van der Waals surface area contributed by atoms with Crippen LogP contribution in [0.3, 0.4) is 0 Å². The summed E-state index contributed by atoms with van der Waals surface area (Å²) in [5.74, 6) is 0.480. The van der Waals surface area contributed by atoms with Crippen LogP contribution in [0.1, 0.15) is 11.1 Å². The van der Waals surface area contributed by atoms with Crippen LogP contribution in [0.2, 0.25) is 0 Å². The van der Waals surface area contributed by atoms with Gasteiger partial charge in [0.1, 0.15) is 0 Å². The number of carbonyl (C=O) groups is 1. The molecule has 2 N–H and O–H groups in total. The molecule has 5 heteroatoms. The second kappa shape index (κ2) is 5.51.